The van der Waals surface area contributed by atoms with Crippen molar-refractivity contribution in [1.29, 1.82) is 0 Å². The Balaban J connectivity index is 1.94. The Morgan fingerprint density at radius 3 is 2.24 bits per heavy atom. The number of carbonyl (C=O) groups excluding carboxylic acids is 2. The minimum atomic E-state index is -4.88. The Morgan fingerprint density at radius 2 is 1.72 bits per heavy atom. The molecule has 0 aromatic heterocycles. The fourth-order valence-corrected chi connectivity index (χ4v) is 2.68. The summed E-state index contributed by atoms with van der Waals surface area (Å²) in [6, 6.07) is 4.87. The van der Waals surface area contributed by atoms with Gasteiger partial charge in [0.25, 0.3) is 0 Å². The number of likely N-dealkylation sites (tertiary alicyclic amines) is 1. The second-order valence-electron chi connectivity index (χ2n) is 5.62. The number of benzene rings is 1. The van der Waals surface area contributed by atoms with Crippen molar-refractivity contribution in [1.82, 2.24) is 4.90 Å². The highest BCUT2D eigenvalue weighted by molar-refractivity contribution is 5.93. The van der Waals surface area contributed by atoms with Gasteiger partial charge in [-0.1, -0.05) is 0 Å². The maximum Gasteiger partial charge on any atom is 0.471 e. The second-order valence-corrected chi connectivity index (χ2v) is 5.62. The molecule has 1 aromatic rings. The molecule has 1 N–H and O–H groups in total. The number of hydrogen-bond acceptors (Lipinski definition) is 4. The van der Waals surface area contributed by atoms with Crippen molar-refractivity contribution >= 4 is 17.5 Å². The zero-order chi connectivity index (χ0) is 18.6. The second kappa shape index (κ2) is 7.62. The van der Waals surface area contributed by atoms with E-state index in [9.17, 15) is 22.8 Å². The van der Waals surface area contributed by atoms with Crippen LogP contribution in [-0.2, 0) is 9.59 Å². The lowest BCUT2D eigenvalue weighted by atomic mass is 9.95. The van der Waals surface area contributed by atoms with Crippen LogP contribution in [-0.4, -0.2) is 50.2 Å². The molecule has 0 atom stereocenters. The molecule has 9 heteroatoms. The molecule has 0 unspecified atom stereocenters. The predicted molar refractivity (Wildman–Crippen MR) is 83.5 cm³/mol. The van der Waals surface area contributed by atoms with Crippen molar-refractivity contribution in [2.24, 2.45) is 5.92 Å². The van der Waals surface area contributed by atoms with Crippen LogP contribution in [0.2, 0.25) is 0 Å². The van der Waals surface area contributed by atoms with E-state index < -0.39 is 18.0 Å². The standard InChI is InChI=1S/C16H19F3N2O4/c1-24-12-4-3-11(9-13(12)25-2)20-14(22)10-5-7-21(8-6-10)15(23)16(17,18)19/h3-4,9-10H,5-8H2,1-2H3,(H,20,22). The van der Waals surface area contributed by atoms with Crippen molar-refractivity contribution in [3.8, 4) is 11.5 Å². The van der Waals surface area contributed by atoms with Crippen LogP contribution in [0.3, 0.4) is 0 Å². The largest absolute Gasteiger partial charge is 0.493 e. The predicted octanol–water partition coefficient (Wildman–Crippen LogP) is 2.44. The molecule has 1 heterocycles. The van der Waals surface area contributed by atoms with E-state index in [1.54, 1.807) is 18.2 Å². The molecular formula is C16H19F3N2O4. The molecule has 0 radical (unpaired) electrons. The number of nitrogens with zero attached hydrogens (tertiary/aromatic N) is 1. The van der Waals surface area contributed by atoms with Crippen LogP contribution in [0.1, 0.15) is 12.8 Å². The fraction of sp³-hybridized carbons (Fsp3) is 0.500. The summed E-state index contributed by atoms with van der Waals surface area (Å²) in [4.78, 5) is 24.2. The van der Waals surface area contributed by atoms with E-state index in [-0.39, 0.29) is 31.8 Å². The highest BCUT2D eigenvalue weighted by atomic mass is 19.4. The number of methoxy groups -OCH3 is 2. The monoisotopic (exact) mass is 360 g/mol. The maximum absolute atomic E-state index is 12.4. The quantitative estimate of drug-likeness (QED) is 0.896. The summed E-state index contributed by atoms with van der Waals surface area (Å²) in [6.45, 7) is -0.190. The van der Waals surface area contributed by atoms with E-state index in [1.807, 2.05) is 0 Å². The highest BCUT2D eigenvalue weighted by Gasteiger charge is 2.43. The summed E-state index contributed by atoms with van der Waals surface area (Å²) in [5, 5.41) is 2.71. The lowest BCUT2D eigenvalue weighted by Crippen LogP contribution is -2.46. The third kappa shape index (κ3) is 4.55. The van der Waals surface area contributed by atoms with Gasteiger partial charge in [-0.2, -0.15) is 13.2 Å². The summed E-state index contributed by atoms with van der Waals surface area (Å²) in [5.41, 5.74) is 0.497. The van der Waals surface area contributed by atoms with Crippen LogP contribution >= 0.6 is 0 Å². The Morgan fingerprint density at radius 1 is 1.12 bits per heavy atom. The van der Waals surface area contributed by atoms with Crippen LogP contribution in [0.5, 0.6) is 11.5 Å². The van der Waals surface area contributed by atoms with Gasteiger partial charge >= 0.3 is 12.1 Å². The molecule has 2 rings (SSSR count). The topological polar surface area (TPSA) is 67.9 Å². The molecule has 1 aromatic carbocycles. The van der Waals surface area contributed by atoms with Gasteiger partial charge in [-0.25, -0.2) is 0 Å². The molecule has 0 aliphatic carbocycles. The first-order valence-corrected chi connectivity index (χ1v) is 7.65. The number of carbonyl (C=O) groups is 2. The zero-order valence-electron chi connectivity index (χ0n) is 13.9. The number of piperidine rings is 1. The number of nitrogens with one attached hydrogen (secondary N) is 1. The number of halogens is 3. The molecule has 0 spiro atoms. The Bertz CT molecular complexity index is 641. The average Bonchev–Trinajstić information content (AvgIpc) is 2.60. The molecule has 6 nitrogen and oxygen atoms in total. The van der Waals surface area contributed by atoms with Gasteiger partial charge in [-0.05, 0) is 25.0 Å². The summed E-state index contributed by atoms with van der Waals surface area (Å²) in [5.74, 6) is -1.65. The Labute approximate surface area is 142 Å². The van der Waals surface area contributed by atoms with Gasteiger partial charge < -0.3 is 19.7 Å². The molecule has 2 amide bonds. The molecular weight excluding hydrogens is 341 g/mol. The Hall–Kier alpha value is -2.45. The third-order valence-electron chi connectivity index (χ3n) is 4.05. The van der Waals surface area contributed by atoms with Crippen LogP contribution in [0.4, 0.5) is 18.9 Å². The van der Waals surface area contributed by atoms with Crippen molar-refractivity contribution in [3.63, 3.8) is 0 Å². The van der Waals surface area contributed by atoms with E-state index in [0.717, 1.165) is 4.90 Å². The summed E-state index contributed by atoms with van der Waals surface area (Å²) in [7, 11) is 2.96. The molecule has 1 aliphatic rings. The first kappa shape index (κ1) is 18.9. The van der Waals surface area contributed by atoms with E-state index in [0.29, 0.717) is 17.2 Å². The molecule has 1 fully saturated rings. The van der Waals surface area contributed by atoms with Crippen LogP contribution in [0.15, 0.2) is 18.2 Å². The number of anilines is 1. The van der Waals surface area contributed by atoms with Crippen molar-refractivity contribution < 1.29 is 32.2 Å². The minimum absolute atomic E-state index is 0.0949. The fourth-order valence-electron chi connectivity index (χ4n) is 2.68. The first-order chi connectivity index (χ1) is 11.8. The van der Waals surface area contributed by atoms with Crippen molar-refractivity contribution in [2.75, 3.05) is 32.6 Å². The zero-order valence-corrected chi connectivity index (χ0v) is 13.9. The number of alkyl halides is 3. The van der Waals surface area contributed by atoms with Gasteiger partial charge in [-0.3, -0.25) is 9.59 Å². The van der Waals surface area contributed by atoms with Gasteiger partial charge in [0.2, 0.25) is 5.91 Å². The SMILES string of the molecule is COc1ccc(NC(=O)C2CCN(C(=O)C(F)(F)F)CC2)cc1OC. The number of rotatable bonds is 4. The normalized spacial score (nSPS) is 15.6. The lowest BCUT2D eigenvalue weighted by Gasteiger charge is -2.31. The molecule has 25 heavy (non-hydrogen) atoms. The maximum atomic E-state index is 12.4. The van der Waals surface area contributed by atoms with Gasteiger partial charge in [0.1, 0.15) is 0 Å². The molecule has 1 saturated heterocycles. The van der Waals surface area contributed by atoms with Gasteiger partial charge in [0, 0.05) is 30.8 Å². The summed E-state index contributed by atoms with van der Waals surface area (Å²) in [6.07, 6.45) is -4.52. The van der Waals surface area contributed by atoms with Crippen LogP contribution in [0.25, 0.3) is 0 Å². The van der Waals surface area contributed by atoms with E-state index >= 15 is 0 Å². The minimum Gasteiger partial charge on any atom is -0.493 e. The number of ether oxygens (including phenoxy) is 2. The number of hydrogen-bond donors (Lipinski definition) is 1. The average molecular weight is 360 g/mol. The van der Waals surface area contributed by atoms with Gasteiger partial charge in [0.05, 0.1) is 14.2 Å². The van der Waals surface area contributed by atoms with Gasteiger partial charge in [0.15, 0.2) is 11.5 Å². The third-order valence-corrected chi connectivity index (χ3v) is 4.05. The van der Waals surface area contributed by atoms with E-state index in [4.69, 9.17) is 9.47 Å². The smallest absolute Gasteiger partial charge is 0.471 e. The van der Waals surface area contributed by atoms with Crippen molar-refractivity contribution in [3.05, 3.63) is 18.2 Å². The molecule has 0 saturated carbocycles. The highest BCUT2D eigenvalue weighted by Crippen LogP contribution is 2.30. The number of amides is 2. The van der Waals surface area contributed by atoms with Crippen LogP contribution < -0.4 is 14.8 Å². The van der Waals surface area contributed by atoms with E-state index in [2.05, 4.69) is 5.32 Å². The lowest BCUT2D eigenvalue weighted by molar-refractivity contribution is -0.186. The molecule has 1 aliphatic heterocycles. The molecule has 0 bridgehead atoms. The Kier molecular flexibility index (Phi) is 5.76. The van der Waals surface area contributed by atoms with E-state index in [1.165, 1.54) is 14.2 Å². The molecule has 138 valence electrons. The summed E-state index contributed by atoms with van der Waals surface area (Å²) >= 11 is 0. The van der Waals surface area contributed by atoms with Gasteiger partial charge in [-0.15, -0.1) is 0 Å². The summed E-state index contributed by atoms with van der Waals surface area (Å²) < 4.78 is 47.5. The van der Waals surface area contributed by atoms with Crippen LogP contribution in [0, 0.1) is 5.92 Å². The van der Waals surface area contributed by atoms with Crippen molar-refractivity contribution in [2.45, 2.75) is 19.0 Å². The first-order valence-electron chi connectivity index (χ1n) is 7.65.